The first kappa shape index (κ1) is 14.8. The molecule has 0 spiro atoms. The second-order valence-corrected chi connectivity index (χ2v) is 6.05. The van der Waals surface area contributed by atoms with Gasteiger partial charge in [0.15, 0.2) is 0 Å². The summed E-state index contributed by atoms with van der Waals surface area (Å²) in [6, 6.07) is 10.6. The highest BCUT2D eigenvalue weighted by atomic mass is 16.2. The molecule has 0 saturated carbocycles. The summed E-state index contributed by atoms with van der Waals surface area (Å²) >= 11 is 0. The van der Waals surface area contributed by atoms with Crippen molar-refractivity contribution in [3.8, 4) is 0 Å². The average Bonchev–Trinajstić information content (AvgIpc) is 2.94. The van der Waals surface area contributed by atoms with Crippen LogP contribution in [-0.2, 0) is 17.8 Å². The lowest BCUT2D eigenvalue weighted by Crippen LogP contribution is -2.40. The number of benzene rings is 1. The van der Waals surface area contributed by atoms with Gasteiger partial charge in [-0.3, -0.25) is 4.79 Å². The second kappa shape index (κ2) is 6.73. The molecular formula is C17H22N4O. The quantitative estimate of drug-likeness (QED) is 0.868. The number of nitrogens with zero attached hydrogens (tertiary/aromatic N) is 4. The maximum absolute atomic E-state index is 12.3. The summed E-state index contributed by atoms with van der Waals surface area (Å²) in [5.74, 6) is 0.825. The molecule has 5 heteroatoms. The minimum atomic E-state index is 0.145. The number of piperidine rings is 1. The van der Waals surface area contributed by atoms with Crippen LogP contribution >= 0.6 is 0 Å². The summed E-state index contributed by atoms with van der Waals surface area (Å²) in [6.45, 7) is 3.92. The average molecular weight is 298 g/mol. The first-order valence-electron chi connectivity index (χ1n) is 7.89. The molecule has 1 saturated heterocycles. The van der Waals surface area contributed by atoms with E-state index >= 15 is 0 Å². The number of aryl methyl sites for hydroxylation is 1. The molecule has 1 aliphatic rings. The Balaban J connectivity index is 1.49. The third-order valence-electron chi connectivity index (χ3n) is 4.43. The van der Waals surface area contributed by atoms with Gasteiger partial charge in [-0.2, -0.15) is 0 Å². The fourth-order valence-corrected chi connectivity index (χ4v) is 3.03. The van der Waals surface area contributed by atoms with E-state index in [0.29, 0.717) is 12.5 Å². The summed E-state index contributed by atoms with van der Waals surface area (Å²) in [6.07, 6.45) is 4.96. The van der Waals surface area contributed by atoms with Crippen LogP contribution in [0.25, 0.3) is 0 Å². The van der Waals surface area contributed by atoms with Crippen molar-refractivity contribution >= 4 is 5.91 Å². The molecule has 116 valence electrons. The molecule has 5 nitrogen and oxygen atoms in total. The van der Waals surface area contributed by atoms with E-state index < -0.39 is 0 Å². The van der Waals surface area contributed by atoms with Crippen molar-refractivity contribution in [3.05, 3.63) is 47.8 Å². The van der Waals surface area contributed by atoms with Crippen LogP contribution in [-0.4, -0.2) is 38.9 Å². The lowest BCUT2D eigenvalue weighted by molar-refractivity contribution is -0.133. The Morgan fingerprint density at radius 3 is 2.59 bits per heavy atom. The smallest absolute Gasteiger partial charge is 0.244 e. The van der Waals surface area contributed by atoms with E-state index in [4.69, 9.17) is 0 Å². The first-order chi connectivity index (χ1) is 10.7. The van der Waals surface area contributed by atoms with Crippen molar-refractivity contribution in [2.75, 3.05) is 13.1 Å². The highest BCUT2D eigenvalue weighted by Crippen LogP contribution is 2.21. The molecule has 0 bridgehead atoms. The van der Waals surface area contributed by atoms with Crippen LogP contribution in [0, 0.1) is 12.8 Å². The molecule has 0 unspecified atom stereocenters. The number of carbonyl (C=O) groups is 1. The van der Waals surface area contributed by atoms with Gasteiger partial charge in [0.05, 0.1) is 11.9 Å². The first-order valence-corrected chi connectivity index (χ1v) is 7.89. The van der Waals surface area contributed by atoms with Gasteiger partial charge in [-0.25, -0.2) is 4.68 Å². The maximum atomic E-state index is 12.3. The number of carbonyl (C=O) groups excluding carboxylic acids is 1. The molecule has 0 aliphatic carbocycles. The summed E-state index contributed by atoms with van der Waals surface area (Å²) in [7, 11) is 0. The molecule has 1 aromatic heterocycles. The minimum Gasteiger partial charge on any atom is -0.341 e. The molecule has 0 radical (unpaired) electrons. The topological polar surface area (TPSA) is 51.0 Å². The van der Waals surface area contributed by atoms with Gasteiger partial charge in [0, 0.05) is 13.1 Å². The summed E-state index contributed by atoms with van der Waals surface area (Å²) in [5.41, 5.74) is 2.32. The van der Waals surface area contributed by atoms with Crippen molar-refractivity contribution < 1.29 is 4.79 Å². The Hall–Kier alpha value is -2.17. The molecule has 2 heterocycles. The van der Waals surface area contributed by atoms with E-state index in [2.05, 4.69) is 40.6 Å². The van der Waals surface area contributed by atoms with Crippen LogP contribution in [0.2, 0.25) is 0 Å². The lowest BCUT2D eigenvalue weighted by atomic mass is 9.90. The molecule has 2 aromatic rings. The third kappa shape index (κ3) is 3.53. The van der Waals surface area contributed by atoms with E-state index in [1.807, 2.05) is 11.8 Å². The van der Waals surface area contributed by atoms with Gasteiger partial charge < -0.3 is 4.90 Å². The molecule has 1 amide bonds. The largest absolute Gasteiger partial charge is 0.341 e. The molecular weight excluding hydrogens is 276 g/mol. The number of aromatic nitrogens is 3. The van der Waals surface area contributed by atoms with Crippen LogP contribution in [0.5, 0.6) is 0 Å². The Bertz CT molecular complexity index is 615. The fourth-order valence-electron chi connectivity index (χ4n) is 3.03. The van der Waals surface area contributed by atoms with Gasteiger partial charge in [-0.1, -0.05) is 35.5 Å². The molecule has 1 aromatic carbocycles. The van der Waals surface area contributed by atoms with Crippen molar-refractivity contribution in [1.29, 1.82) is 0 Å². The summed E-state index contributed by atoms with van der Waals surface area (Å²) < 4.78 is 1.67. The highest BCUT2D eigenvalue weighted by molar-refractivity contribution is 5.76. The highest BCUT2D eigenvalue weighted by Gasteiger charge is 2.23. The standard InChI is InChI=1S/C17H22N4O/c1-14-12-18-19-21(14)13-17(22)20-9-7-16(8-10-20)11-15-5-3-2-4-6-15/h2-6,12,16H,7-11,13H2,1H3. The number of rotatable bonds is 4. The Morgan fingerprint density at radius 1 is 1.23 bits per heavy atom. The molecule has 1 aliphatic heterocycles. The zero-order chi connectivity index (χ0) is 15.4. The van der Waals surface area contributed by atoms with Gasteiger partial charge in [0.25, 0.3) is 0 Å². The lowest BCUT2D eigenvalue weighted by Gasteiger charge is -2.32. The van der Waals surface area contributed by atoms with Gasteiger partial charge in [0.1, 0.15) is 6.54 Å². The fraction of sp³-hybridized carbons (Fsp3) is 0.471. The number of likely N-dealkylation sites (tertiary alicyclic amines) is 1. The minimum absolute atomic E-state index is 0.145. The van der Waals surface area contributed by atoms with Gasteiger partial charge >= 0.3 is 0 Å². The zero-order valence-corrected chi connectivity index (χ0v) is 13.0. The van der Waals surface area contributed by atoms with Crippen LogP contribution in [0.4, 0.5) is 0 Å². The van der Waals surface area contributed by atoms with Crippen LogP contribution in [0.15, 0.2) is 36.5 Å². The van der Waals surface area contributed by atoms with Crippen molar-refractivity contribution in [2.24, 2.45) is 5.92 Å². The zero-order valence-electron chi connectivity index (χ0n) is 13.0. The van der Waals surface area contributed by atoms with Gasteiger partial charge in [0.2, 0.25) is 5.91 Å². The maximum Gasteiger partial charge on any atom is 0.244 e. The SMILES string of the molecule is Cc1cnnn1CC(=O)N1CCC(Cc2ccccc2)CC1. The van der Waals surface area contributed by atoms with Gasteiger partial charge in [-0.05, 0) is 37.7 Å². The van der Waals surface area contributed by atoms with E-state index in [-0.39, 0.29) is 5.91 Å². The molecule has 3 rings (SSSR count). The van der Waals surface area contributed by atoms with E-state index in [1.54, 1.807) is 10.9 Å². The Labute approximate surface area is 130 Å². The third-order valence-corrected chi connectivity index (χ3v) is 4.43. The van der Waals surface area contributed by atoms with E-state index in [9.17, 15) is 4.79 Å². The van der Waals surface area contributed by atoms with E-state index in [1.165, 1.54) is 5.56 Å². The number of amides is 1. The normalized spacial score (nSPS) is 16.0. The second-order valence-electron chi connectivity index (χ2n) is 6.05. The van der Waals surface area contributed by atoms with Crippen LogP contribution < -0.4 is 0 Å². The van der Waals surface area contributed by atoms with Crippen LogP contribution in [0.1, 0.15) is 24.1 Å². The Kier molecular flexibility index (Phi) is 4.51. The summed E-state index contributed by atoms with van der Waals surface area (Å²) in [5, 5.41) is 7.76. The van der Waals surface area contributed by atoms with Crippen molar-refractivity contribution in [1.82, 2.24) is 19.9 Å². The Morgan fingerprint density at radius 2 is 1.95 bits per heavy atom. The van der Waals surface area contributed by atoms with Crippen LogP contribution in [0.3, 0.4) is 0 Å². The predicted octanol–water partition coefficient (Wildman–Crippen LogP) is 2.07. The predicted molar refractivity (Wildman–Crippen MR) is 84.2 cm³/mol. The van der Waals surface area contributed by atoms with E-state index in [0.717, 1.165) is 38.0 Å². The molecule has 22 heavy (non-hydrogen) atoms. The molecule has 1 fully saturated rings. The number of hydrogen-bond acceptors (Lipinski definition) is 3. The monoisotopic (exact) mass is 298 g/mol. The molecule has 0 N–H and O–H groups in total. The molecule has 0 atom stereocenters. The summed E-state index contributed by atoms with van der Waals surface area (Å²) in [4.78, 5) is 14.3. The van der Waals surface area contributed by atoms with Crippen molar-refractivity contribution in [2.45, 2.75) is 32.7 Å². The van der Waals surface area contributed by atoms with Crippen molar-refractivity contribution in [3.63, 3.8) is 0 Å². The van der Waals surface area contributed by atoms with Gasteiger partial charge in [-0.15, -0.1) is 5.10 Å². The number of hydrogen-bond donors (Lipinski definition) is 0.